The second-order valence-electron chi connectivity index (χ2n) is 5.10. The van der Waals surface area contributed by atoms with Crippen LogP contribution in [0, 0.1) is 0 Å². The quantitative estimate of drug-likeness (QED) is 0.907. The number of amides is 1. The minimum Gasteiger partial charge on any atom is -0.375 e. The number of hydrogen-bond donors (Lipinski definition) is 1. The summed E-state index contributed by atoms with van der Waals surface area (Å²) in [5, 5.41) is 4.04. The van der Waals surface area contributed by atoms with Crippen molar-refractivity contribution in [2.45, 2.75) is 32.1 Å². The van der Waals surface area contributed by atoms with E-state index in [1.807, 2.05) is 17.0 Å². The molecule has 0 unspecified atom stereocenters. The molecule has 0 aliphatic carbocycles. The standard InChI is InChI=1S/C15H20Cl2N2O/c16-12-7-6-8-13(15(12)17)18-11-14(20)19-9-4-2-1-3-5-10-19/h6-8,18H,1-5,9-11H2. The van der Waals surface area contributed by atoms with Crippen LogP contribution in [0.5, 0.6) is 0 Å². The summed E-state index contributed by atoms with van der Waals surface area (Å²) in [6, 6.07) is 5.38. The van der Waals surface area contributed by atoms with Crippen molar-refractivity contribution in [1.82, 2.24) is 4.90 Å². The summed E-state index contributed by atoms with van der Waals surface area (Å²) < 4.78 is 0. The number of rotatable bonds is 3. The molecule has 0 bridgehead atoms. The largest absolute Gasteiger partial charge is 0.375 e. The minimum atomic E-state index is 0.128. The van der Waals surface area contributed by atoms with E-state index in [4.69, 9.17) is 23.2 Å². The number of nitrogens with one attached hydrogen (secondary N) is 1. The number of likely N-dealkylation sites (tertiary alicyclic amines) is 1. The molecule has 3 nitrogen and oxygen atoms in total. The second-order valence-corrected chi connectivity index (χ2v) is 5.89. The van der Waals surface area contributed by atoms with Crippen LogP contribution in [0.3, 0.4) is 0 Å². The van der Waals surface area contributed by atoms with Crippen molar-refractivity contribution >= 4 is 34.8 Å². The molecule has 20 heavy (non-hydrogen) atoms. The SMILES string of the molecule is O=C(CNc1cccc(Cl)c1Cl)N1CCCCCCC1. The van der Waals surface area contributed by atoms with Crippen LogP contribution in [0.4, 0.5) is 5.69 Å². The molecule has 1 aliphatic rings. The smallest absolute Gasteiger partial charge is 0.241 e. The maximum absolute atomic E-state index is 12.2. The molecule has 0 atom stereocenters. The third-order valence-corrected chi connectivity index (χ3v) is 4.41. The highest BCUT2D eigenvalue weighted by Crippen LogP contribution is 2.29. The highest BCUT2D eigenvalue weighted by atomic mass is 35.5. The van der Waals surface area contributed by atoms with Gasteiger partial charge in [-0.15, -0.1) is 0 Å². The first-order valence-corrected chi connectivity index (χ1v) is 7.90. The third kappa shape index (κ3) is 4.29. The second kappa shape index (κ2) is 7.75. The Morgan fingerprint density at radius 3 is 2.45 bits per heavy atom. The molecule has 0 aromatic heterocycles. The Bertz CT molecular complexity index is 457. The van der Waals surface area contributed by atoms with Crippen LogP contribution in [-0.2, 0) is 4.79 Å². The van der Waals surface area contributed by atoms with Gasteiger partial charge < -0.3 is 10.2 Å². The van der Waals surface area contributed by atoms with Gasteiger partial charge in [-0.3, -0.25) is 4.79 Å². The van der Waals surface area contributed by atoms with E-state index >= 15 is 0 Å². The van der Waals surface area contributed by atoms with E-state index in [0.717, 1.165) is 25.9 Å². The average Bonchev–Trinajstić information content (AvgIpc) is 2.40. The molecule has 0 spiro atoms. The van der Waals surface area contributed by atoms with Gasteiger partial charge in [0.15, 0.2) is 0 Å². The van der Waals surface area contributed by atoms with Gasteiger partial charge in [-0.25, -0.2) is 0 Å². The molecule has 110 valence electrons. The summed E-state index contributed by atoms with van der Waals surface area (Å²) in [4.78, 5) is 14.2. The van der Waals surface area contributed by atoms with Crippen LogP contribution >= 0.6 is 23.2 Å². The molecule has 0 saturated carbocycles. The average molecular weight is 315 g/mol. The topological polar surface area (TPSA) is 32.3 Å². The normalized spacial score (nSPS) is 16.4. The molecular weight excluding hydrogens is 295 g/mol. The van der Waals surface area contributed by atoms with E-state index < -0.39 is 0 Å². The number of halogens is 2. The van der Waals surface area contributed by atoms with Gasteiger partial charge in [-0.1, -0.05) is 48.5 Å². The number of hydrogen-bond acceptors (Lipinski definition) is 2. The monoisotopic (exact) mass is 314 g/mol. The first kappa shape index (κ1) is 15.5. The van der Waals surface area contributed by atoms with Gasteiger partial charge in [0.05, 0.1) is 22.3 Å². The van der Waals surface area contributed by atoms with Crippen LogP contribution in [0.1, 0.15) is 32.1 Å². The molecule has 1 N–H and O–H groups in total. The van der Waals surface area contributed by atoms with Crippen LogP contribution in [0.2, 0.25) is 10.0 Å². The van der Waals surface area contributed by atoms with Crippen LogP contribution in [0.25, 0.3) is 0 Å². The lowest BCUT2D eigenvalue weighted by atomic mass is 10.1. The fourth-order valence-corrected chi connectivity index (χ4v) is 2.79. The highest BCUT2D eigenvalue weighted by Gasteiger charge is 2.15. The lowest BCUT2D eigenvalue weighted by Gasteiger charge is -2.25. The Morgan fingerprint density at radius 2 is 1.75 bits per heavy atom. The molecule has 1 aromatic rings. The zero-order chi connectivity index (χ0) is 14.4. The van der Waals surface area contributed by atoms with E-state index in [-0.39, 0.29) is 12.5 Å². The van der Waals surface area contributed by atoms with Crippen molar-refractivity contribution in [3.63, 3.8) is 0 Å². The minimum absolute atomic E-state index is 0.128. The molecule has 1 amide bonds. The number of carbonyl (C=O) groups excluding carboxylic acids is 1. The molecular formula is C15H20Cl2N2O. The maximum atomic E-state index is 12.2. The Kier molecular flexibility index (Phi) is 5.99. The predicted molar refractivity (Wildman–Crippen MR) is 84.6 cm³/mol. The first-order chi connectivity index (χ1) is 9.68. The number of benzene rings is 1. The van der Waals surface area contributed by atoms with Gasteiger partial charge >= 0.3 is 0 Å². The van der Waals surface area contributed by atoms with Gasteiger partial charge in [0.2, 0.25) is 5.91 Å². The van der Waals surface area contributed by atoms with E-state index in [1.54, 1.807) is 6.07 Å². The van der Waals surface area contributed by atoms with Crippen molar-refractivity contribution < 1.29 is 4.79 Å². The van der Waals surface area contributed by atoms with E-state index in [0.29, 0.717) is 15.7 Å². The van der Waals surface area contributed by atoms with Gasteiger partial charge in [0.1, 0.15) is 0 Å². The Hall–Kier alpha value is -0.930. The first-order valence-electron chi connectivity index (χ1n) is 7.14. The predicted octanol–water partition coefficient (Wildman–Crippen LogP) is 4.20. The third-order valence-electron chi connectivity index (χ3n) is 3.59. The molecule has 5 heteroatoms. The molecule has 2 rings (SSSR count). The van der Waals surface area contributed by atoms with Crippen LogP contribution in [-0.4, -0.2) is 30.4 Å². The van der Waals surface area contributed by atoms with Crippen molar-refractivity contribution in [3.05, 3.63) is 28.2 Å². The van der Waals surface area contributed by atoms with Gasteiger partial charge in [-0.2, -0.15) is 0 Å². The van der Waals surface area contributed by atoms with Gasteiger partial charge in [0.25, 0.3) is 0 Å². The maximum Gasteiger partial charge on any atom is 0.241 e. The lowest BCUT2D eigenvalue weighted by molar-refractivity contribution is -0.129. The molecule has 0 radical (unpaired) electrons. The molecule has 1 aliphatic heterocycles. The Labute approximate surface area is 130 Å². The van der Waals surface area contributed by atoms with Crippen molar-refractivity contribution in [1.29, 1.82) is 0 Å². The Morgan fingerprint density at radius 1 is 1.10 bits per heavy atom. The zero-order valence-electron chi connectivity index (χ0n) is 11.5. The van der Waals surface area contributed by atoms with E-state index in [9.17, 15) is 4.79 Å². The van der Waals surface area contributed by atoms with Crippen molar-refractivity contribution in [3.8, 4) is 0 Å². The van der Waals surface area contributed by atoms with Crippen LogP contribution in [0.15, 0.2) is 18.2 Å². The molecule has 1 saturated heterocycles. The summed E-state index contributed by atoms with van der Waals surface area (Å²) in [6.07, 6.45) is 5.93. The fourth-order valence-electron chi connectivity index (χ4n) is 2.42. The summed E-state index contributed by atoms with van der Waals surface area (Å²) in [6.45, 7) is 1.99. The van der Waals surface area contributed by atoms with Gasteiger partial charge in [0, 0.05) is 13.1 Å². The lowest BCUT2D eigenvalue weighted by Crippen LogP contribution is -2.37. The number of carbonyl (C=O) groups is 1. The van der Waals surface area contributed by atoms with E-state index in [1.165, 1.54) is 19.3 Å². The molecule has 1 heterocycles. The number of nitrogens with zero attached hydrogens (tertiary/aromatic N) is 1. The Balaban J connectivity index is 1.89. The fraction of sp³-hybridized carbons (Fsp3) is 0.533. The summed E-state index contributed by atoms with van der Waals surface area (Å²) in [5.41, 5.74) is 0.708. The van der Waals surface area contributed by atoms with Crippen molar-refractivity contribution in [2.24, 2.45) is 0 Å². The van der Waals surface area contributed by atoms with Crippen LogP contribution < -0.4 is 5.32 Å². The summed E-state index contributed by atoms with van der Waals surface area (Å²) >= 11 is 12.0. The molecule has 1 fully saturated rings. The summed E-state index contributed by atoms with van der Waals surface area (Å²) in [7, 11) is 0. The van der Waals surface area contributed by atoms with Gasteiger partial charge in [-0.05, 0) is 25.0 Å². The number of anilines is 1. The summed E-state index contributed by atoms with van der Waals surface area (Å²) in [5.74, 6) is 0.128. The highest BCUT2D eigenvalue weighted by molar-refractivity contribution is 6.43. The van der Waals surface area contributed by atoms with Crippen molar-refractivity contribution in [2.75, 3.05) is 25.0 Å². The zero-order valence-corrected chi connectivity index (χ0v) is 13.0. The molecule has 1 aromatic carbocycles. The van der Waals surface area contributed by atoms with E-state index in [2.05, 4.69) is 5.32 Å².